The van der Waals surface area contributed by atoms with Crippen LogP contribution < -0.4 is 4.74 Å². The van der Waals surface area contributed by atoms with E-state index >= 15 is 0 Å². The zero-order valence-electron chi connectivity index (χ0n) is 13.1. The summed E-state index contributed by atoms with van der Waals surface area (Å²) in [5, 5.41) is 2.11. The quantitative estimate of drug-likeness (QED) is 0.869. The maximum atomic E-state index is 12.7. The van der Waals surface area contributed by atoms with Gasteiger partial charge in [-0.15, -0.1) is 11.3 Å². The Hall–Kier alpha value is -1.85. The van der Waals surface area contributed by atoms with Crippen LogP contribution in [0.4, 0.5) is 0 Å². The maximum absolute atomic E-state index is 12.7. The Bertz CT molecular complexity index is 740. The topological polar surface area (TPSA) is 38.8 Å². The van der Waals surface area contributed by atoms with Gasteiger partial charge in [-0.25, -0.2) is 0 Å². The van der Waals surface area contributed by atoms with Gasteiger partial charge in [-0.1, -0.05) is 0 Å². The molecule has 2 aliphatic rings. The molecule has 23 heavy (non-hydrogen) atoms. The largest absolute Gasteiger partial charge is 0.493 e. The smallest absolute Gasteiger partial charge is 0.253 e. The third-order valence-corrected chi connectivity index (χ3v) is 5.49. The lowest BCUT2D eigenvalue weighted by Crippen LogP contribution is -2.33. The Morgan fingerprint density at radius 3 is 3.13 bits per heavy atom. The van der Waals surface area contributed by atoms with E-state index in [2.05, 4.69) is 11.4 Å². The van der Waals surface area contributed by atoms with Gasteiger partial charge < -0.3 is 14.4 Å². The highest BCUT2D eigenvalue weighted by Gasteiger charge is 2.25. The molecule has 4 rings (SSSR count). The first-order valence-corrected chi connectivity index (χ1v) is 8.79. The molecule has 0 saturated carbocycles. The highest BCUT2D eigenvalue weighted by atomic mass is 32.1. The van der Waals surface area contributed by atoms with Crippen LogP contribution in [-0.4, -0.2) is 37.6 Å². The Labute approximate surface area is 139 Å². The number of hydrogen-bond acceptors (Lipinski definition) is 4. The van der Waals surface area contributed by atoms with Gasteiger partial charge in [-0.2, -0.15) is 0 Å². The minimum atomic E-state index is -0.0169. The molecule has 1 amide bonds. The van der Waals surface area contributed by atoms with E-state index in [9.17, 15) is 4.79 Å². The molecule has 0 radical (unpaired) electrons. The highest BCUT2D eigenvalue weighted by molar-refractivity contribution is 7.10. The monoisotopic (exact) mass is 329 g/mol. The lowest BCUT2D eigenvalue weighted by molar-refractivity contribution is 0.0210. The number of benzene rings is 1. The molecule has 3 heterocycles. The van der Waals surface area contributed by atoms with E-state index in [0.29, 0.717) is 13.2 Å². The van der Waals surface area contributed by atoms with Crippen molar-refractivity contribution in [2.75, 3.05) is 26.8 Å². The third kappa shape index (κ3) is 2.75. The number of carbonyl (C=O) groups is 1. The molecule has 0 aliphatic carbocycles. The van der Waals surface area contributed by atoms with Crippen LogP contribution in [0.25, 0.3) is 0 Å². The van der Waals surface area contributed by atoms with Gasteiger partial charge in [-0.05, 0) is 40.8 Å². The molecule has 1 aromatic heterocycles. The SMILES string of the molecule is CN(CC1OCCc2sccc21)C(=O)c1ccc2c(c1)CCO2. The van der Waals surface area contributed by atoms with Crippen LogP contribution in [0.15, 0.2) is 29.6 Å². The number of nitrogens with zero attached hydrogens (tertiary/aromatic N) is 1. The number of carbonyl (C=O) groups excluding carboxylic acids is 1. The standard InChI is InChI=1S/C18H19NO3S/c1-19(11-16-14-6-9-23-17(14)5-8-22-16)18(20)13-2-3-15-12(10-13)4-7-21-15/h2-3,6,9-10,16H,4-5,7-8,11H2,1H3. The van der Waals surface area contributed by atoms with Gasteiger partial charge in [0.1, 0.15) is 11.9 Å². The number of thiophene rings is 1. The van der Waals surface area contributed by atoms with Gasteiger partial charge in [0.2, 0.25) is 0 Å². The molecule has 0 N–H and O–H groups in total. The van der Waals surface area contributed by atoms with Crippen LogP contribution in [0.3, 0.4) is 0 Å². The second-order valence-corrected chi connectivity index (χ2v) is 7.02. The Morgan fingerprint density at radius 1 is 1.30 bits per heavy atom. The molecule has 1 aromatic carbocycles. The second-order valence-electron chi connectivity index (χ2n) is 6.02. The lowest BCUT2D eigenvalue weighted by Gasteiger charge is -2.28. The summed E-state index contributed by atoms with van der Waals surface area (Å²) in [5.41, 5.74) is 3.08. The predicted octanol–water partition coefficient (Wildman–Crippen LogP) is 3.07. The van der Waals surface area contributed by atoms with Crippen molar-refractivity contribution in [1.29, 1.82) is 0 Å². The van der Waals surface area contributed by atoms with E-state index < -0.39 is 0 Å². The van der Waals surface area contributed by atoms with Crippen LogP contribution in [-0.2, 0) is 17.6 Å². The third-order valence-electron chi connectivity index (χ3n) is 4.50. The molecule has 4 nitrogen and oxygen atoms in total. The van der Waals surface area contributed by atoms with E-state index in [-0.39, 0.29) is 12.0 Å². The minimum Gasteiger partial charge on any atom is -0.493 e. The summed E-state index contributed by atoms with van der Waals surface area (Å²) < 4.78 is 11.4. The van der Waals surface area contributed by atoms with Crippen LogP contribution in [0, 0.1) is 0 Å². The molecule has 120 valence electrons. The molecule has 1 unspecified atom stereocenters. The molecule has 0 spiro atoms. The number of rotatable bonds is 3. The van der Waals surface area contributed by atoms with Crippen molar-refractivity contribution < 1.29 is 14.3 Å². The van der Waals surface area contributed by atoms with E-state index in [4.69, 9.17) is 9.47 Å². The summed E-state index contributed by atoms with van der Waals surface area (Å²) in [6.07, 6.45) is 1.84. The fraction of sp³-hybridized carbons (Fsp3) is 0.389. The minimum absolute atomic E-state index is 0.0169. The molecule has 2 aliphatic heterocycles. The zero-order chi connectivity index (χ0) is 15.8. The van der Waals surface area contributed by atoms with Gasteiger partial charge in [0.05, 0.1) is 19.8 Å². The second kappa shape index (κ2) is 5.98. The summed E-state index contributed by atoms with van der Waals surface area (Å²) in [6, 6.07) is 7.83. The van der Waals surface area contributed by atoms with E-state index in [1.807, 2.05) is 25.2 Å². The summed E-state index contributed by atoms with van der Waals surface area (Å²) in [7, 11) is 1.84. The van der Waals surface area contributed by atoms with Crippen molar-refractivity contribution in [2.45, 2.75) is 18.9 Å². The van der Waals surface area contributed by atoms with Gasteiger partial charge in [0, 0.05) is 30.3 Å². The van der Waals surface area contributed by atoms with Crippen molar-refractivity contribution in [1.82, 2.24) is 4.90 Å². The summed E-state index contributed by atoms with van der Waals surface area (Å²) in [6.45, 7) is 2.02. The zero-order valence-corrected chi connectivity index (χ0v) is 13.9. The molecule has 2 aromatic rings. The Balaban J connectivity index is 1.49. The first-order chi connectivity index (χ1) is 11.2. The lowest BCUT2D eigenvalue weighted by atomic mass is 10.0. The van der Waals surface area contributed by atoms with E-state index in [1.165, 1.54) is 10.4 Å². The number of likely N-dealkylation sites (N-methyl/N-ethyl adjacent to an activating group) is 1. The van der Waals surface area contributed by atoms with Crippen molar-refractivity contribution in [2.24, 2.45) is 0 Å². The number of amides is 1. The first kappa shape index (κ1) is 14.7. The predicted molar refractivity (Wildman–Crippen MR) is 89.3 cm³/mol. The summed E-state index contributed by atoms with van der Waals surface area (Å²) >= 11 is 1.78. The fourth-order valence-electron chi connectivity index (χ4n) is 3.25. The average Bonchev–Trinajstić information content (AvgIpc) is 3.22. The van der Waals surface area contributed by atoms with Crippen molar-refractivity contribution in [3.05, 3.63) is 51.2 Å². The fourth-order valence-corrected chi connectivity index (χ4v) is 4.16. The van der Waals surface area contributed by atoms with E-state index in [0.717, 1.165) is 36.3 Å². The molecule has 0 bridgehead atoms. The van der Waals surface area contributed by atoms with Crippen LogP contribution >= 0.6 is 11.3 Å². The molecule has 0 saturated heterocycles. The Morgan fingerprint density at radius 2 is 2.22 bits per heavy atom. The van der Waals surface area contributed by atoms with Gasteiger partial charge in [0.15, 0.2) is 0 Å². The maximum Gasteiger partial charge on any atom is 0.253 e. The van der Waals surface area contributed by atoms with E-state index in [1.54, 1.807) is 16.2 Å². The van der Waals surface area contributed by atoms with Crippen molar-refractivity contribution >= 4 is 17.2 Å². The highest BCUT2D eigenvalue weighted by Crippen LogP contribution is 2.32. The van der Waals surface area contributed by atoms with Gasteiger partial charge in [-0.3, -0.25) is 4.79 Å². The molecule has 1 atom stereocenters. The normalized spacial score (nSPS) is 18.9. The molecular weight excluding hydrogens is 310 g/mol. The number of fused-ring (bicyclic) bond motifs is 2. The molecule has 0 fully saturated rings. The first-order valence-electron chi connectivity index (χ1n) is 7.91. The van der Waals surface area contributed by atoms with Crippen LogP contribution in [0.1, 0.15) is 32.5 Å². The number of hydrogen-bond donors (Lipinski definition) is 0. The van der Waals surface area contributed by atoms with Crippen LogP contribution in [0.2, 0.25) is 0 Å². The van der Waals surface area contributed by atoms with Gasteiger partial charge in [0.25, 0.3) is 5.91 Å². The van der Waals surface area contributed by atoms with Gasteiger partial charge >= 0.3 is 0 Å². The summed E-state index contributed by atoms with van der Waals surface area (Å²) in [4.78, 5) is 15.8. The Kier molecular flexibility index (Phi) is 3.83. The van der Waals surface area contributed by atoms with Crippen molar-refractivity contribution in [3.63, 3.8) is 0 Å². The number of ether oxygens (including phenoxy) is 2. The molecular formula is C18H19NO3S. The average molecular weight is 329 g/mol. The van der Waals surface area contributed by atoms with Crippen molar-refractivity contribution in [3.8, 4) is 5.75 Å². The van der Waals surface area contributed by atoms with Crippen LogP contribution in [0.5, 0.6) is 5.75 Å². The molecule has 5 heteroatoms. The summed E-state index contributed by atoms with van der Waals surface area (Å²) in [5.74, 6) is 0.938.